The molecule has 0 aliphatic carbocycles. The highest BCUT2D eigenvalue weighted by atomic mass is 16.5. The lowest BCUT2D eigenvalue weighted by Gasteiger charge is -2.12. The maximum absolute atomic E-state index is 6.30. The van der Waals surface area contributed by atoms with Crippen LogP contribution in [-0.2, 0) is 0 Å². The molecular weight excluding hydrogens is 1020 g/mol. The van der Waals surface area contributed by atoms with Crippen molar-refractivity contribution in [3.63, 3.8) is 0 Å². The second-order valence-electron chi connectivity index (χ2n) is 19.4. The van der Waals surface area contributed by atoms with Gasteiger partial charge in [0.2, 0.25) is 0 Å². The number of nitrogens with one attached hydrogen (secondary N) is 2. The first-order valence-corrected chi connectivity index (χ1v) is 28.9. The summed E-state index contributed by atoms with van der Waals surface area (Å²) < 4.78 is 50.4. The summed E-state index contributed by atoms with van der Waals surface area (Å²) in [5.41, 5.74) is 3.15. The van der Waals surface area contributed by atoms with Crippen LogP contribution in [0.1, 0.15) is 158 Å². The van der Waals surface area contributed by atoms with Crippen molar-refractivity contribution in [1.29, 1.82) is 0 Å². The lowest BCUT2D eigenvalue weighted by atomic mass is 10.3. The van der Waals surface area contributed by atoms with E-state index in [0.717, 1.165) is 103 Å². The maximum Gasteiger partial charge on any atom is 0.278 e. The van der Waals surface area contributed by atoms with Crippen LogP contribution in [0.4, 0.5) is 0 Å². The molecular formula is C56H74N16O8. The summed E-state index contributed by atoms with van der Waals surface area (Å²) in [6, 6.07) is 0. The van der Waals surface area contributed by atoms with E-state index in [0.29, 0.717) is 74.9 Å². The Kier molecular flexibility index (Phi) is 19.7. The smallest absolute Gasteiger partial charge is 0.278 e. The van der Waals surface area contributed by atoms with Gasteiger partial charge in [-0.2, -0.15) is 0 Å². The maximum atomic E-state index is 6.30. The van der Waals surface area contributed by atoms with E-state index >= 15 is 0 Å². The fourth-order valence-electron chi connectivity index (χ4n) is 8.09. The highest BCUT2D eigenvalue weighted by molar-refractivity contribution is 6.01. The molecule has 0 unspecified atom stereocenters. The van der Waals surface area contributed by atoms with E-state index in [9.17, 15) is 0 Å². The zero-order chi connectivity index (χ0) is 55.8. The lowest BCUT2D eigenvalue weighted by Crippen LogP contribution is -2.07. The van der Waals surface area contributed by atoms with Crippen LogP contribution < -0.4 is 37.9 Å². The van der Waals surface area contributed by atoms with Gasteiger partial charge in [-0.05, 0) is 51.4 Å². The standard InChI is InChI=1S/C56H74N16O8/c1-9-17-25-73-49-50(74-26-18-10-2)58-34-33(57-49)41-65-42(34)70-44-37-38(62-54(78-30-22-14-6)53(61-37)77-29-21-13-5)46(67-44)72-48-40-39(63-55(79-31-23-15-7)56(64-40)80-32-24-16-8)47(68-48)71-45-36-35(43(66-45)69-41)59-51(75-27-19-11-3)52(60-36)76-28-20-12-4/h9-32H2,1-8H3,(H2,65,66,67,68,69,70,71,72). The van der Waals surface area contributed by atoms with Gasteiger partial charge in [-0.25, -0.2) is 69.8 Å². The van der Waals surface area contributed by atoms with Crippen molar-refractivity contribution >= 4 is 44.7 Å². The van der Waals surface area contributed by atoms with Crippen LogP contribution >= 0.6 is 0 Å². The first kappa shape index (κ1) is 56.8. The molecule has 0 saturated heterocycles. The first-order chi connectivity index (χ1) is 39.3. The molecule has 2 aliphatic rings. The van der Waals surface area contributed by atoms with Crippen molar-refractivity contribution in [1.82, 2.24) is 79.7 Å². The number of hydrogen-bond donors (Lipinski definition) is 2. The molecule has 24 nitrogen and oxygen atoms in total. The van der Waals surface area contributed by atoms with E-state index in [1.165, 1.54) is 0 Å². The predicted molar refractivity (Wildman–Crippen MR) is 302 cm³/mol. The molecule has 2 aliphatic heterocycles. The van der Waals surface area contributed by atoms with Crippen LogP contribution in [0.25, 0.3) is 90.7 Å². The monoisotopic (exact) mass is 1100 g/mol. The zero-order valence-electron chi connectivity index (χ0n) is 47.5. The Morgan fingerprint density at radius 2 is 0.400 bits per heavy atom. The summed E-state index contributed by atoms with van der Waals surface area (Å²) in [5, 5.41) is 0. The molecule has 0 radical (unpaired) electrons. The SMILES string of the molecule is CCCCOc1nc2c(nc1OCCCC)-c1nc-2nc2[nH]c(nc3nc(nc4[nH]c(n1)c1nc(OCCCC)c(OCCCC)nc41)-c1nc(OCCCC)c(OCCCC)nc1-3)c1nc(OCCCC)c(OCCCC)nc21. The van der Waals surface area contributed by atoms with E-state index < -0.39 is 0 Å². The Morgan fingerprint density at radius 3 is 0.575 bits per heavy atom. The minimum absolute atomic E-state index is 0.128. The number of nitrogens with zero attached hydrogens (tertiary/aromatic N) is 14. The zero-order valence-corrected chi connectivity index (χ0v) is 47.5. The van der Waals surface area contributed by atoms with Gasteiger partial charge in [0.15, 0.2) is 45.9 Å². The molecule has 0 aromatic carbocycles. The summed E-state index contributed by atoms with van der Waals surface area (Å²) >= 11 is 0. The third-order valence-corrected chi connectivity index (χ3v) is 12.7. The topological polar surface area (TPSA) is 286 Å². The second-order valence-corrected chi connectivity index (χ2v) is 19.4. The third-order valence-electron chi connectivity index (χ3n) is 12.7. The van der Waals surface area contributed by atoms with Gasteiger partial charge in [0.05, 0.1) is 52.9 Å². The van der Waals surface area contributed by atoms with Gasteiger partial charge >= 0.3 is 0 Å². The Hall–Kier alpha value is -7.92. The van der Waals surface area contributed by atoms with Gasteiger partial charge in [-0.15, -0.1) is 0 Å². The molecule has 0 atom stereocenters. The van der Waals surface area contributed by atoms with Crippen molar-refractivity contribution in [3.8, 4) is 93.1 Å². The van der Waals surface area contributed by atoms with Crippen LogP contribution in [0.5, 0.6) is 47.0 Å². The molecule has 80 heavy (non-hydrogen) atoms. The van der Waals surface area contributed by atoms with Crippen LogP contribution in [0.3, 0.4) is 0 Å². The average molecular weight is 1100 g/mol. The van der Waals surface area contributed by atoms with Crippen LogP contribution in [-0.4, -0.2) is 133 Å². The van der Waals surface area contributed by atoms with Gasteiger partial charge in [-0.3, -0.25) is 0 Å². The van der Waals surface area contributed by atoms with E-state index in [1.54, 1.807) is 0 Å². The minimum Gasteiger partial charge on any atom is -0.474 e. The van der Waals surface area contributed by atoms with E-state index in [4.69, 9.17) is 108 Å². The van der Waals surface area contributed by atoms with Crippen LogP contribution in [0, 0.1) is 0 Å². The lowest BCUT2D eigenvalue weighted by molar-refractivity contribution is 0.246. The van der Waals surface area contributed by atoms with Gasteiger partial charge in [0, 0.05) is 0 Å². The Morgan fingerprint density at radius 1 is 0.225 bits per heavy atom. The van der Waals surface area contributed by atoms with Gasteiger partial charge < -0.3 is 47.9 Å². The summed E-state index contributed by atoms with van der Waals surface area (Å²) in [5.74, 6) is 2.09. The summed E-state index contributed by atoms with van der Waals surface area (Å²) in [4.78, 5) is 78.1. The molecule has 2 N–H and O–H groups in total. The molecule has 24 heteroatoms. The van der Waals surface area contributed by atoms with E-state index in [2.05, 4.69) is 65.4 Å². The van der Waals surface area contributed by atoms with Gasteiger partial charge in [0.1, 0.15) is 44.8 Å². The van der Waals surface area contributed by atoms with Gasteiger partial charge in [-0.1, -0.05) is 107 Å². The first-order valence-electron chi connectivity index (χ1n) is 28.9. The molecule has 8 bridgehead atoms. The summed E-state index contributed by atoms with van der Waals surface area (Å²) in [7, 11) is 0. The largest absolute Gasteiger partial charge is 0.474 e. The highest BCUT2D eigenvalue weighted by Gasteiger charge is 2.31. The Labute approximate surface area is 464 Å². The minimum atomic E-state index is 0.128. The quantitative estimate of drug-likeness (QED) is 0.0370. The van der Waals surface area contributed by atoms with Crippen molar-refractivity contribution in [3.05, 3.63) is 0 Å². The molecule has 7 aromatic heterocycles. The third kappa shape index (κ3) is 13.1. The summed E-state index contributed by atoms with van der Waals surface area (Å²) in [6.07, 6.45) is 13.5. The fourth-order valence-corrected chi connectivity index (χ4v) is 8.09. The number of aromatic amines is 2. The fraction of sp³-hybridized carbons (Fsp3) is 0.571. The van der Waals surface area contributed by atoms with Crippen molar-refractivity contribution in [2.45, 2.75) is 158 Å². The molecule has 0 fully saturated rings. The van der Waals surface area contributed by atoms with E-state index in [1.807, 2.05) is 0 Å². The highest BCUT2D eigenvalue weighted by Crippen LogP contribution is 2.40. The van der Waals surface area contributed by atoms with Crippen molar-refractivity contribution in [2.24, 2.45) is 0 Å². The van der Waals surface area contributed by atoms with Crippen LogP contribution in [0.15, 0.2) is 0 Å². The number of rotatable bonds is 32. The molecule has 426 valence electrons. The number of fused-ring (bicyclic) bond motifs is 20. The molecule has 9 rings (SSSR count). The number of ether oxygens (including phenoxy) is 8. The number of H-pyrrole nitrogens is 2. The number of aromatic nitrogens is 16. The normalized spacial score (nSPS) is 11.7. The number of hydrogen-bond acceptors (Lipinski definition) is 22. The average Bonchev–Trinajstić information content (AvgIpc) is 4.23. The van der Waals surface area contributed by atoms with Crippen molar-refractivity contribution in [2.75, 3.05) is 52.9 Å². The molecule has 0 amide bonds. The van der Waals surface area contributed by atoms with Gasteiger partial charge in [0.25, 0.3) is 47.0 Å². The molecule has 9 heterocycles. The van der Waals surface area contributed by atoms with Crippen LogP contribution in [0.2, 0.25) is 0 Å². The number of unbranched alkanes of at least 4 members (excludes halogenated alkanes) is 8. The van der Waals surface area contributed by atoms with E-state index in [-0.39, 0.29) is 116 Å². The molecule has 0 spiro atoms. The second kappa shape index (κ2) is 27.8. The summed E-state index contributed by atoms with van der Waals surface area (Å²) in [6.45, 7) is 19.8. The Bertz CT molecular complexity index is 2980. The molecule has 7 aromatic rings. The van der Waals surface area contributed by atoms with Crippen molar-refractivity contribution < 1.29 is 37.9 Å². The Balaban J connectivity index is 1.41. The predicted octanol–water partition coefficient (Wildman–Crippen LogP) is 11.5. The molecule has 0 saturated carbocycles.